The van der Waals surface area contributed by atoms with Gasteiger partial charge in [0.25, 0.3) is 0 Å². The van der Waals surface area contributed by atoms with Crippen molar-refractivity contribution in [1.29, 1.82) is 5.26 Å². The fraction of sp³-hybridized carbons (Fsp3) is 0.818. The first kappa shape index (κ1) is 13.0. The lowest BCUT2D eigenvalue weighted by Crippen LogP contribution is -2.44. The second kappa shape index (κ2) is 4.99. The number of nitrogens with zero attached hydrogens (tertiary/aromatic N) is 1. The maximum atomic E-state index is 11.7. The van der Waals surface area contributed by atoms with Crippen molar-refractivity contribution in [2.45, 2.75) is 47.1 Å². The van der Waals surface area contributed by atoms with Gasteiger partial charge in [-0.25, -0.2) is 0 Å². The summed E-state index contributed by atoms with van der Waals surface area (Å²) in [5.74, 6) is 0.224. The third kappa shape index (κ3) is 3.02. The number of carbonyl (C=O) groups excluding carboxylic acids is 1. The molecule has 0 aromatic carbocycles. The lowest BCUT2D eigenvalue weighted by molar-refractivity contribution is -0.128. The van der Waals surface area contributed by atoms with Gasteiger partial charge in [-0.15, -0.1) is 0 Å². The van der Waals surface area contributed by atoms with Gasteiger partial charge in [0.15, 0.2) is 0 Å². The molecule has 0 bridgehead atoms. The Bertz CT molecular complexity index is 242. The van der Waals surface area contributed by atoms with E-state index in [-0.39, 0.29) is 11.9 Å². The Morgan fingerprint density at radius 3 is 2.29 bits per heavy atom. The molecule has 0 rings (SSSR count). The number of nitriles is 1. The Morgan fingerprint density at radius 1 is 1.50 bits per heavy atom. The maximum Gasteiger partial charge on any atom is 0.240 e. The molecule has 1 amide bonds. The van der Waals surface area contributed by atoms with E-state index in [2.05, 4.69) is 11.4 Å². The molecule has 3 heteroatoms. The molecular formula is C11H20N2O. The van der Waals surface area contributed by atoms with Gasteiger partial charge >= 0.3 is 0 Å². The molecule has 3 nitrogen and oxygen atoms in total. The highest BCUT2D eigenvalue weighted by atomic mass is 16.2. The number of amides is 1. The first-order chi connectivity index (χ1) is 6.37. The van der Waals surface area contributed by atoms with Crippen LogP contribution in [0.1, 0.15) is 41.0 Å². The van der Waals surface area contributed by atoms with Gasteiger partial charge in [-0.3, -0.25) is 4.79 Å². The molecule has 0 radical (unpaired) electrons. The summed E-state index contributed by atoms with van der Waals surface area (Å²) in [7, 11) is 0. The van der Waals surface area contributed by atoms with Crippen molar-refractivity contribution in [3.05, 3.63) is 0 Å². The maximum absolute atomic E-state index is 11.7. The largest absolute Gasteiger partial charge is 0.352 e. The predicted molar refractivity (Wildman–Crippen MR) is 56.5 cm³/mol. The van der Waals surface area contributed by atoms with E-state index in [9.17, 15) is 4.79 Å². The van der Waals surface area contributed by atoms with Gasteiger partial charge in [-0.05, 0) is 26.2 Å². The molecule has 0 spiro atoms. The minimum absolute atomic E-state index is 0.113. The number of hydrogen-bond acceptors (Lipinski definition) is 2. The van der Waals surface area contributed by atoms with E-state index in [1.165, 1.54) is 0 Å². The van der Waals surface area contributed by atoms with Gasteiger partial charge in [0, 0.05) is 6.04 Å². The molecule has 2 unspecified atom stereocenters. The van der Waals surface area contributed by atoms with Crippen LogP contribution in [-0.2, 0) is 4.79 Å². The van der Waals surface area contributed by atoms with Crippen LogP contribution in [-0.4, -0.2) is 11.9 Å². The number of hydrogen-bond donors (Lipinski definition) is 1. The minimum atomic E-state index is -0.886. The van der Waals surface area contributed by atoms with Gasteiger partial charge in [-0.1, -0.05) is 20.8 Å². The van der Waals surface area contributed by atoms with Crippen molar-refractivity contribution < 1.29 is 4.79 Å². The monoisotopic (exact) mass is 196 g/mol. The summed E-state index contributed by atoms with van der Waals surface area (Å²) in [5.41, 5.74) is -0.886. The van der Waals surface area contributed by atoms with Crippen LogP contribution in [0.15, 0.2) is 0 Å². The van der Waals surface area contributed by atoms with E-state index in [1.54, 1.807) is 6.92 Å². The molecule has 0 aromatic rings. The average Bonchev–Trinajstić information content (AvgIpc) is 2.16. The van der Waals surface area contributed by atoms with Crippen LogP contribution in [0.4, 0.5) is 0 Å². The third-order valence-electron chi connectivity index (χ3n) is 2.81. The van der Waals surface area contributed by atoms with Crippen LogP contribution in [0.25, 0.3) is 0 Å². The molecule has 0 aliphatic heterocycles. The molecule has 0 aromatic heterocycles. The lowest BCUT2D eigenvalue weighted by atomic mass is 9.88. The third-order valence-corrected chi connectivity index (χ3v) is 2.81. The zero-order valence-corrected chi connectivity index (χ0v) is 9.72. The Hall–Kier alpha value is -1.04. The van der Waals surface area contributed by atoms with Crippen molar-refractivity contribution in [3.63, 3.8) is 0 Å². The summed E-state index contributed by atoms with van der Waals surface area (Å²) in [5, 5.41) is 11.8. The highest BCUT2D eigenvalue weighted by Crippen LogP contribution is 2.20. The number of nitrogens with one attached hydrogen (secondary N) is 1. The molecule has 2 atom stereocenters. The fourth-order valence-corrected chi connectivity index (χ4v) is 0.823. The highest BCUT2D eigenvalue weighted by molar-refractivity contribution is 5.85. The Kier molecular flexibility index (Phi) is 4.62. The Morgan fingerprint density at radius 2 is 2.00 bits per heavy atom. The van der Waals surface area contributed by atoms with Crippen LogP contribution in [0, 0.1) is 22.7 Å². The topological polar surface area (TPSA) is 52.9 Å². The van der Waals surface area contributed by atoms with E-state index < -0.39 is 5.41 Å². The quantitative estimate of drug-likeness (QED) is 0.748. The normalized spacial score (nSPS) is 16.9. The summed E-state index contributed by atoms with van der Waals surface area (Å²) in [6.45, 7) is 9.56. The van der Waals surface area contributed by atoms with Crippen molar-refractivity contribution in [2.75, 3.05) is 0 Å². The molecule has 14 heavy (non-hydrogen) atoms. The van der Waals surface area contributed by atoms with Crippen LogP contribution in [0.2, 0.25) is 0 Å². The molecule has 0 aliphatic carbocycles. The molecule has 80 valence electrons. The van der Waals surface area contributed by atoms with Gasteiger partial charge < -0.3 is 5.32 Å². The molecule has 0 aliphatic rings. The highest BCUT2D eigenvalue weighted by Gasteiger charge is 2.32. The Balaban J connectivity index is 4.43. The SMILES string of the molecule is CCC(C)(C#N)C(=O)NC(C)C(C)C. The van der Waals surface area contributed by atoms with Gasteiger partial charge in [0.2, 0.25) is 5.91 Å². The van der Waals surface area contributed by atoms with Crippen molar-refractivity contribution >= 4 is 5.91 Å². The summed E-state index contributed by atoms with van der Waals surface area (Å²) in [6.07, 6.45) is 0.542. The second-order valence-corrected chi connectivity index (χ2v) is 4.30. The summed E-state index contributed by atoms with van der Waals surface area (Å²) in [4.78, 5) is 11.7. The summed E-state index contributed by atoms with van der Waals surface area (Å²) >= 11 is 0. The number of carbonyl (C=O) groups is 1. The second-order valence-electron chi connectivity index (χ2n) is 4.30. The van der Waals surface area contributed by atoms with E-state index in [0.29, 0.717) is 12.3 Å². The number of rotatable bonds is 4. The van der Waals surface area contributed by atoms with Crippen LogP contribution in [0.5, 0.6) is 0 Å². The van der Waals surface area contributed by atoms with Gasteiger partial charge in [0.05, 0.1) is 6.07 Å². The van der Waals surface area contributed by atoms with Crippen LogP contribution in [0.3, 0.4) is 0 Å². The smallest absolute Gasteiger partial charge is 0.240 e. The first-order valence-corrected chi connectivity index (χ1v) is 5.09. The van der Waals surface area contributed by atoms with E-state index in [4.69, 9.17) is 5.26 Å². The van der Waals surface area contributed by atoms with Crippen molar-refractivity contribution in [2.24, 2.45) is 11.3 Å². The van der Waals surface area contributed by atoms with E-state index in [0.717, 1.165) is 0 Å². The molecular weight excluding hydrogens is 176 g/mol. The van der Waals surface area contributed by atoms with Gasteiger partial charge in [0.1, 0.15) is 5.41 Å². The standard InChI is InChI=1S/C11H20N2O/c1-6-11(5,7-12)10(14)13-9(4)8(2)3/h8-9H,6H2,1-5H3,(H,13,14). The van der Waals surface area contributed by atoms with Gasteiger partial charge in [-0.2, -0.15) is 5.26 Å². The minimum Gasteiger partial charge on any atom is -0.352 e. The molecule has 0 saturated heterocycles. The van der Waals surface area contributed by atoms with Crippen LogP contribution < -0.4 is 5.32 Å². The van der Waals surface area contributed by atoms with Crippen LogP contribution >= 0.6 is 0 Å². The summed E-state index contributed by atoms with van der Waals surface area (Å²) < 4.78 is 0. The molecule has 0 heterocycles. The lowest BCUT2D eigenvalue weighted by Gasteiger charge is -2.24. The zero-order valence-electron chi connectivity index (χ0n) is 9.72. The Labute approximate surface area is 86.5 Å². The zero-order chi connectivity index (χ0) is 11.4. The average molecular weight is 196 g/mol. The van der Waals surface area contributed by atoms with Crippen molar-refractivity contribution in [1.82, 2.24) is 5.32 Å². The predicted octanol–water partition coefficient (Wildman–Crippen LogP) is 2.09. The summed E-state index contributed by atoms with van der Waals surface area (Å²) in [6, 6.07) is 2.17. The molecule has 0 saturated carbocycles. The first-order valence-electron chi connectivity index (χ1n) is 5.09. The molecule has 1 N–H and O–H groups in total. The van der Waals surface area contributed by atoms with E-state index >= 15 is 0 Å². The van der Waals surface area contributed by atoms with Crippen molar-refractivity contribution in [3.8, 4) is 6.07 Å². The fourth-order valence-electron chi connectivity index (χ4n) is 0.823. The van der Waals surface area contributed by atoms with E-state index in [1.807, 2.05) is 27.7 Å². The molecule has 0 fully saturated rings.